The highest BCUT2D eigenvalue weighted by atomic mass is 35.5. The molecule has 1 aliphatic heterocycles. The summed E-state index contributed by atoms with van der Waals surface area (Å²) < 4.78 is 33.7. The molecule has 1 aliphatic rings. The van der Waals surface area contributed by atoms with Crippen LogP contribution in [0.1, 0.15) is 18.1 Å². The lowest BCUT2D eigenvalue weighted by molar-refractivity contribution is 0.107. The number of nitrogens with zero attached hydrogens (tertiary/aromatic N) is 2. The molecular weight excluding hydrogens is 388 g/mol. The quantitative estimate of drug-likeness (QED) is 0.712. The second-order valence-corrected chi connectivity index (χ2v) is 6.81. The molecule has 2 unspecified atom stereocenters. The number of rotatable bonds is 4. The Morgan fingerprint density at radius 2 is 1.93 bits per heavy atom. The molecule has 8 heteroatoms. The zero-order chi connectivity index (χ0) is 19.7. The average molecular weight is 404 g/mol. The van der Waals surface area contributed by atoms with E-state index >= 15 is 0 Å². The van der Waals surface area contributed by atoms with Crippen LogP contribution in [0.5, 0.6) is 0 Å². The summed E-state index contributed by atoms with van der Waals surface area (Å²) in [5, 5.41) is 7.34. The molecule has 144 valence electrons. The first-order valence-corrected chi connectivity index (χ1v) is 9.09. The SMILES string of the molecule is O=c1c(Cl)c(NC2CCOC2c2ccc(F)c(F)c2)cnn1-c1ccccc1. The first kappa shape index (κ1) is 18.6. The van der Waals surface area contributed by atoms with E-state index in [-0.39, 0.29) is 11.1 Å². The molecule has 0 saturated carbocycles. The topological polar surface area (TPSA) is 56.1 Å². The maximum Gasteiger partial charge on any atom is 0.292 e. The van der Waals surface area contributed by atoms with Crippen LogP contribution >= 0.6 is 11.6 Å². The van der Waals surface area contributed by atoms with Crippen molar-refractivity contribution in [3.8, 4) is 5.69 Å². The van der Waals surface area contributed by atoms with Gasteiger partial charge in [-0.15, -0.1) is 0 Å². The lowest BCUT2D eigenvalue weighted by atomic mass is 10.0. The third kappa shape index (κ3) is 3.50. The van der Waals surface area contributed by atoms with E-state index in [0.717, 1.165) is 12.1 Å². The molecule has 1 N–H and O–H groups in total. The van der Waals surface area contributed by atoms with Gasteiger partial charge in [0.2, 0.25) is 0 Å². The number of anilines is 1. The highest BCUT2D eigenvalue weighted by Crippen LogP contribution is 2.33. The molecule has 2 aromatic carbocycles. The maximum absolute atomic E-state index is 13.6. The molecule has 2 heterocycles. The molecular formula is C20H16ClF2N3O2. The zero-order valence-electron chi connectivity index (χ0n) is 14.6. The maximum atomic E-state index is 13.6. The summed E-state index contributed by atoms with van der Waals surface area (Å²) in [6, 6.07) is 12.3. The molecule has 0 amide bonds. The number of nitrogens with one attached hydrogen (secondary N) is 1. The van der Waals surface area contributed by atoms with Crippen molar-refractivity contribution in [1.82, 2.24) is 9.78 Å². The van der Waals surface area contributed by atoms with Crippen LogP contribution in [-0.4, -0.2) is 22.4 Å². The van der Waals surface area contributed by atoms with E-state index in [1.807, 2.05) is 6.07 Å². The zero-order valence-corrected chi connectivity index (χ0v) is 15.4. The molecule has 1 aromatic heterocycles. The van der Waals surface area contributed by atoms with E-state index in [2.05, 4.69) is 10.4 Å². The number of ether oxygens (including phenoxy) is 1. The van der Waals surface area contributed by atoms with Gasteiger partial charge in [0, 0.05) is 6.61 Å². The Balaban J connectivity index is 1.61. The van der Waals surface area contributed by atoms with Crippen molar-refractivity contribution in [3.05, 3.63) is 87.3 Å². The molecule has 0 aliphatic carbocycles. The van der Waals surface area contributed by atoms with Gasteiger partial charge in [-0.2, -0.15) is 9.78 Å². The smallest absolute Gasteiger partial charge is 0.292 e. The minimum absolute atomic E-state index is 0.00482. The van der Waals surface area contributed by atoms with Crippen LogP contribution in [0.3, 0.4) is 0 Å². The van der Waals surface area contributed by atoms with E-state index < -0.39 is 23.3 Å². The fourth-order valence-electron chi connectivity index (χ4n) is 3.24. The van der Waals surface area contributed by atoms with Gasteiger partial charge in [0.15, 0.2) is 11.6 Å². The Kier molecular flexibility index (Phi) is 5.11. The lowest BCUT2D eigenvalue weighted by Gasteiger charge is -2.22. The summed E-state index contributed by atoms with van der Waals surface area (Å²) in [7, 11) is 0. The molecule has 0 radical (unpaired) electrons. The third-order valence-corrected chi connectivity index (χ3v) is 4.99. The van der Waals surface area contributed by atoms with Crippen molar-refractivity contribution < 1.29 is 13.5 Å². The highest BCUT2D eigenvalue weighted by molar-refractivity contribution is 6.33. The van der Waals surface area contributed by atoms with E-state index in [0.29, 0.717) is 30.0 Å². The first-order valence-electron chi connectivity index (χ1n) is 8.71. The van der Waals surface area contributed by atoms with Gasteiger partial charge in [0.05, 0.1) is 23.6 Å². The van der Waals surface area contributed by atoms with Gasteiger partial charge in [0.25, 0.3) is 5.56 Å². The second-order valence-electron chi connectivity index (χ2n) is 6.43. The Labute approximate surface area is 164 Å². The van der Waals surface area contributed by atoms with Crippen molar-refractivity contribution in [3.63, 3.8) is 0 Å². The van der Waals surface area contributed by atoms with E-state index in [4.69, 9.17) is 16.3 Å². The first-order chi connectivity index (χ1) is 13.5. The van der Waals surface area contributed by atoms with Crippen molar-refractivity contribution in [2.24, 2.45) is 0 Å². The van der Waals surface area contributed by atoms with Crippen molar-refractivity contribution in [2.45, 2.75) is 18.6 Å². The fraction of sp³-hybridized carbons (Fsp3) is 0.200. The molecule has 2 atom stereocenters. The Bertz CT molecular complexity index is 1060. The van der Waals surface area contributed by atoms with E-state index in [1.165, 1.54) is 16.9 Å². The number of halogens is 3. The van der Waals surface area contributed by atoms with Gasteiger partial charge >= 0.3 is 0 Å². The summed E-state index contributed by atoms with van der Waals surface area (Å²) in [4.78, 5) is 12.6. The van der Waals surface area contributed by atoms with Crippen LogP contribution in [0.25, 0.3) is 5.69 Å². The standard InChI is InChI=1S/C20H16ClF2N3O2/c21-18-17(11-24-26(20(18)27)13-4-2-1-3-5-13)25-16-8-9-28-19(16)12-6-7-14(22)15(23)10-12/h1-7,10-11,16,19,25H,8-9H2. The molecule has 4 rings (SSSR count). The molecule has 0 spiro atoms. The number of benzene rings is 2. The third-order valence-electron chi connectivity index (χ3n) is 4.62. The van der Waals surface area contributed by atoms with Gasteiger partial charge < -0.3 is 10.1 Å². The number of hydrogen-bond acceptors (Lipinski definition) is 4. The molecule has 1 fully saturated rings. The summed E-state index contributed by atoms with van der Waals surface area (Å²) >= 11 is 6.28. The van der Waals surface area contributed by atoms with Crippen LogP contribution < -0.4 is 10.9 Å². The minimum Gasteiger partial charge on any atom is -0.377 e. The van der Waals surface area contributed by atoms with Crippen molar-refractivity contribution in [1.29, 1.82) is 0 Å². The van der Waals surface area contributed by atoms with E-state index in [9.17, 15) is 13.6 Å². The van der Waals surface area contributed by atoms with Crippen molar-refractivity contribution >= 4 is 17.3 Å². The van der Waals surface area contributed by atoms with Crippen LogP contribution in [0.4, 0.5) is 14.5 Å². The van der Waals surface area contributed by atoms with Gasteiger partial charge in [-0.3, -0.25) is 4.79 Å². The van der Waals surface area contributed by atoms with Crippen LogP contribution in [-0.2, 0) is 4.74 Å². The van der Waals surface area contributed by atoms with Gasteiger partial charge in [-0.1, -0.05) is 35.9 Å². The molecule has 0 bridgehead atoms. The molecule has 1 saturated heterocycles. The number of hydrogen-bond donors (Lipinski definition) is 1. The summed E-state index contributed by atoms with van der Waals surface area (Å²) in [5.74, 6) is -1.85. The summed E-state index contributed by atoms with van der Waals surface area (Å²) in [6.45, 7) is 0.438. The van der Waals surface area contributed by atoms with Crippen LogP contribution in [0.2, 0.25) is 5.02 Å². The van der Waals surface area contributed by atoms with E-state index in [1.54, 1.807) is 24.3 Å². The number of para-hydroxylation sites is 1. The fourth-order valence-corrected chi connectivity index (χ4v) is 3.42. The number of aromatic nitrogens is 2. The largest absolute Gasteiger partial charge is 0.377 e. The predicted molar refractivity (Wildman–Crippen MR) is 102 cm³/mol. The van der Waals surface area contributed by atoms with Gasteiger partial charge in [0.1, 0.15) is 11.1 Å². The predicted octanol–water partition coefficient (Wildman–Crippen LogP) is 4.11. The normalized spacial score (nSPS) is 19.0. The Morgan fingerprint density at radius 3 is 2.68 bits per heavy atom. The van der Waals surface area contributed by atoms with Crippen LogP contribution in [0.15, 0.2) is 59.5 Å². The van der Waals surface area contributed by atoms with Crippen molar-refractivity contribution in [2.75, 3.05) is 11.9 Å². The van der Waals surface area contributed by atoms with Crippen LogP contribution in [0, 0.1) is 11.6 Å². The Morgan fingerprint density at radius 1 is 1.14 bits per heavy atom. The summed E-state index contributed by atoms with van der Waals surface area (Å²) in [5.41, 5.74) is 1.02. The molecule has 28 heavy (non-hydrogen) atoms. The molecule has 3 aromatic rings. The van der Waals surface area contributed by atoms with Gasteiger partial charge in [-0.05, 0) is 36.2 Å². The highest BCUT2D eigenvalue weighted by Gasteiger charge is 2.31. The molecule has 5 nitrogen and oxygen atoms in total. The monoisotopic (exact) mass is 403 g/mol. The second kappa shape index (κ2) is 7.69. The minimum atomic E-state index is -0.933. The lowest BCUT2D eigenvalue weighted by Crippen LogP contribution is -2.27. The summed E-state index contributed by atoms with van der Waals surface area (Å²) in [6.07, 6.45) is 1.58. The average Bonchev–Trinajstić information content (AvgIpc) is 3.17. The Hall–Kier alpha value is -2.77. The van der Waals surface area contributed by atoms with Gasteiger partial charge in [-0.25, -0.2) is 8.78 Å².